The first kappa shape index (κ1) is 27.1. The number of amides is 1. The highest BCUT2D eigenvalue weighted by atomic mass is 32.1. The Morgan fingerprint density at radius 1 is 1.02 bits per heavy atom. The van der Waals surface area contributed by atoms with Gasteiger partial charge in [-0.1, -0.05) is 23.8 Å². The van der Waals surface area contributed by atoms with E-state index >= 15 is 0 Å². The van der Waals surface area contributed by atoms with Crippen LogP contribution in [0.15, 0.2) is 79.0 Å². The van der Waals surface area contributed by atoms with Crippen LogP contribution >= 0.6 is 12.2 Å². The molecule has 2 aromatic carbocycles. The van der Waals surface area contributed by atoms with Gasteiger partial charge in [-0.3, -0.25) is 9.78 Å². The summed E-state index contributed by atoms with van der Waals surface area (Å²) in [6.45, 7) is 6.51. The number of hydrogen-bond acceptors (Lipinski definition) is 4. The second-order valence-electron chi connectivity index (χ2n) is 10.00. The van der Waals surface area contributed by atoms with Crippen LogP contribution in [0, 0.1) is 20.8 Å². The summed E-state index contributed by atoms with van der Waals surface area (Å²) in [5, 5.41) is 16.3. The van der Waals surface area contributed by atoms with Crippen LogP contribution in [0.25, 0.3) is 5.69 Å². The van der Waals surface area contributed by atoms with Crippen molar-refractivity contribution in [2.45, 2.75) is 39.3 Å². The maximum Gasteiger partial charge on any atom is 0.335 e. The van der Waals surface area contributed by atoms with Crippen LogP contribution in [-0.4, -0.2) is 43.1 Å². The number of rotatable bonds is 8. The topological polar surface area (TPSA) is 99.5 Å². The average Bonchev–Trinajstić information content (AvgIpc) is 3.43. The molecule has 1 aliphatic heterocycles. The minimum atomic E-state index is -0.959. The number of hydrogen-bond donors (Lipinski definition) is 3. The highest BCUT2D eigenvalue weighted by Crippen LogP contribution is 2.41. The third kappa shape index (κ3) is 5.46. The summed E-state index contributed by atoms with van der Waals surface area (Å²) in [5.74, 6) is -1.05. The lowest BCUT2D eigenvalue weighted by molar-refractivity contribution is -0.116. The van der Waals surface area contributed by atoms with E-state index in [0.29, 0.717) is 11.7 Å². The van der Waals surface area contributed by atoms with Gasteiger partial charge in [0, 0.05) is 41.9 Å². The highest BCUT2D eigenvalue weighted by Gasteiger charge is 2.41. The molecule has 0 aliphatic carbocycles. The molecule has 9 heteroatoms. The van der Waals surface area contributed by atoms with Crippen molar-refractivity contribution < 1.29 is 14.7 Å². The van der Waals surface area contributed by atoms with E-state index < -0.39 is 5.97 Å². The fourth-order valence-electron chi connectivity index (χ4n) is 5.30. The van der Waals surface area contributed by atoms with Gasteiger partial charge in [-0.15, -0.1) is 0 Å². The summed E-state index contributed by atoms with van der Waals surface area (Å²) in [7, 11) is 0. The Kier molecular flexibility index (Phi) is 7.66. The summed E-state index contributed by atoms with van der Waals surface area (Å²) in [6, 6.07) is 22.1. The lowest BCUT2D eigenvalue weighted by Crippen LogP contribution is -2.32. The molecule has 40 heavy (non-hydrogen) atoms. The molecule has 1 saturated heterocycles. The number of carboxylic acids is 1. The molecule has 2 atom stereocenters. The summed E-state index contributed by atoms with van der Waals surface area (Å²) in [4.78, 5) is 30.9. The molecule has 3 heterocycles. The predicted octanol–water partition coefficient (Wildman–Crippen LogP) is 5.50. The lowest BCUT2D eigenvalue weighted by Gasteiger charge is -2.28. The summed E-state index contributed by atoms with van der Waals surface area (Å²) < 4.78 is 2.11. The summed E-state index contributed by atoms with van der Waals surface area (Å²) >= 11 is 5.80. The zero-order valence-electron chi connectivity index (χ0n) is 22.6. The molecule has 1 fully saturated rings. The Morgan fingerprint density at radius 3 is 2.40 bits per heavy atom. The van der Waals surface area contributed by atoms with Crippen LogP contribution in [0.5, 0.6) is 0 Å². The van der Waals surface area contributed by atoms with Crippen molar-refractivity contribution in [3.05, 3.63) is 113 Å². The first-order valence-electron chi connectivity index (χ1n) is 13.1. The number of nitrogens with zero attached hydrogens (tertiary/aromatic N) is 3. The number of pyridine rings is 1. The summed E-state index contributed by atoms with van der Waals surface area (Å²) in [6.07, 6.45) is 2.03. The van der Waals surface area contributed by atoms with Crippen molar-refractivity contribution in [1.29, 1.82) is 0 Å². The molecule has 3 N–H and O–H groups in total. The molecule has 0 saturated carbocycles. The molecule has 1 amide bonds. The SMILES string of the molecule is Cc1ccc(NC(=O)CCN2C(=S)N[C@@H](c3ccccn3)[C@H]2c2cc(C)n(-c3ccc(C(=O)O)cc3)c2C)cc1. The van der Waals surface area contributed by atoms with Gasteiger partial charge in [0.2, 0.25) is 5.91 Å². The molecule has 4 aromatic rings. The van der Waals surface area contributed by atoms with Crippen molar-refractivity contribution in [2.24, 2.45) is 0 Å². The largest absolute Gasteiger partial charge is 0.478 e. The van der Waals surface area contributed by atoms with E-state index in [4.69, 9.17) is 12.2 Å². The van der Waals surface area contributed by atoms with Crippen LogP contribution in [0.3, 0.4) is 0 Å². The fraction of sp³-hybridized carbons (Fsp3) is 0.226. The number of aryl methyl sites for hydroxylation is 2. The second-order valence-corrected chi connectivity index (χ2v) is 10.4. The predicted molar refractivity (Wildman–Crippen MR) is 159 cm³/mol. The molecular formula is C31H31N5O3S. The van der Waals surface area contributed by atoms with E-state index in [-0.39, 0.29) is 30.0 Å². The van der Waals surface area contributed by atoms with Crippen molar-refractivity contribution in [2.75, 3.05) is 11.9 Å². The van der Waals surface area contributed by atoms with Crippen LogP contribution in [0.4, 0.5) is 5.69 Å². The zero-order chi connectivity index (χ0) is 28.4. The maximum atomic E-state index is 12.9. The average molecular weight is 554 g/mol. The first-order chi connectivity index (χ1) is 19.2. The van der Waals surface area contributed by atoms with Crippen LogP contribution < -0.4 is 10.6 Å². The van der Waals surface area contributed by atoms with Gasteiger partial charge in [0.1, 0.15) is 0 Å². The number of benzene rings is 2. The van der Waals surface area contributed by atoms with Gasteiger partial charge >= 0.3 is 5.97 Å². The lowest BCUT2D eigenvalue weighted by atomic mass is 9.96. The number of aromatic carboxylic acids is 1. The number of nitrogens with one attached hydrogen (secondary N) is 2. The molecule has 204 valence electrons. The number of aromatic nitrogens is 2. The van der Waals surface area contributed by atoms with Gasteiger partial charge in [0.05, 0.1) is 23.3 Å². The van der Waals surface area contributed by atoms with E-state index in [9.17, 15) is 14.7 Å². The number of carboxylic acid groups (broad SMARTS) is 1. The second kappa shape index (κ2) is 11.3. The minimum absolute atomic E-state index is 0.0873. The molecule has 2 aromatic heterocycles. The van der Waals surface area contributed by atoms with Crippen LogP contribution in [0.1, 0.15) is 57.1 Å². The van der Waals surface area contributed by atoms with Gasteiger partial charge in [0.15, 0.2) is 5.11 Å². The fourth-order valence-corrected chi connectivity index (χ4v) is 5.64. The van der Waals surface area contributed by atoms with E-state index in [2.05, 4.69) is 31.2 Å². The smallest absolute Gasteiger partial charge is 0.335 e. The van der Waals surface area contributed by atoms with E-state index in [1.54, 1.807) is 18.3 Å². The van der Waals surface area contributed by atoms with Gasteiger partial charge < -0.3 is 25.2 Å². The molecule has 0 bridgehead atoms. The number of anilines is 1. The van der Waals surface area contributed by atoms with Crippen molar-refractivity contribution >= 4 is 34.9 Å². The Bertz CT molecular complexity index is 1550. The van der Waals surface area contributed by atoms with E-state index in [0.717, 1.165) is 39.6 Å². The molecule has 8 nitrogen and oxygen atoms in total. The van der Waals surface area contributed by atoms with Crippen molar-refractivity contribution in [3.8, 4) is 5.69 Å². The minimum Gasteiger partial charge on any atom is -0.478 e. The Balaban J connectivity index is 1.46. The van der Waals surface area contributed by atoms with Crippen LogP contribution in [-0.2, 0) is 4.79 Å². The molecule has 5 rings (SSSR count). The Morgan fingerprint density at radius 2 is 1.75 bits per heavy atom. The maximum absolute atomic E-state index is 12.9. The molecular weight excluding hydrogens is 522 g/mol. The van der Waals surface area contributed by atoms with Gasteiger partial charge in [-0.2, -0.15) is 0 Å². The Hall–Kier alpha value is -4.50. The number of carbonyl (C=O) groups is 2. The standard InChI is InChI=1S/C31H31N5O3S/c1-19-7-11-23(12-8-19)33-27(37)15-17-35-29(28(34-31(35)40)26-6-4-5-16-32-26)25-18-20(2)36(21(25)3)24-13-9-22(10-14-24)30(38)39/h4-14,16,18,28-29H,15,17H2,1-3H3,(H,33,37)(H,34,40)(H,38,39)/t28-,29+/m0/s1. The molecule has 0 spiro atoms. The van der Waals surface area contributed by atoms with Gasteiger partial charge in [-0.05, 0) is 93.1 Å². The first-order valence-corrected chi connectivity index (χ1v) is 13.5. The summed E-state index contributed by atoms with van der Waals surface area (Å²) in [5.41, 5.74) is 6.93. The van der Waals surface area contributed by atoms with Crippen molar-refractivity contribution in [3.63, 3.8) is 0 Å². The van der Waals surface area contributed by atoms with E-state index in [1.807, 2.05) is 75.4 Å². The monoisotopic (exact) mass is 553 g/mol. The highest BCUT2D eigenvalue weighted by molar-refractivity contribution is 7.80. The number of thiocarbonyl (C=S) groups is 1. The van der Waals surface area contributed by atoms with Gasteiger partial charge in [-0.25, -0.2) is 4.79 Å². The number of carbonyl (C=O) groups excluding carboxylic acids is 1. The zero-order valence-corrected chi connectivity index (χ0v) is 23.4. The molecule has 0 radical (unpaired) electrons. The quantitative estimate of drug-likeness (QED) is 0.248. The molecule has 0 unspecified atom stereocenters. The van der Waals surface area contributed by atoms with Crippen molar-refractivity contribution in [1.82, 2.24) is 19.8 Å². The van der Waals surface area contributed by atoms with E-state index in [1.165, 1.54) is 0 Å². The van der Waals surface area contributed by atoms with Crippen LogP contribution in [0.2, 0.25) is 0 Å². The Labute approximate surface area is 238 Å². The molecule has 1 aliphatic rings. The third-order valence-corrected chi connectivity index (χ3v) is 7.63. The normalized spacial score (nSPS) is 16.6. The van der Waals surface area contributed by atoms with Gasteiger partial charge in [0.25, 0.3) is 0 Å². The third-order valence-electron chi connectivity index (χ3n) is 7.27.